The Balaban J connectivity index is 1.87. The quantitative estimate of drug-likeness (QED) is 0.818. The molecule has 0 N–H and O–H groups in total. The normalized spacial score (nSPS) is 22.4. The van der Waals surface area contributed by atoms with Crippen LogP contribution in [0, 0.1) is 5.92 Å². The number of ketones is 1. The maximum atomic E-state index is 12.3. The van der Waals surface area contributed by atoms with Crippen LogP contribution in [0.4, 0.5) is 0 Å². The SMILES string of the molecule is CC(=O)C1=CN(C)C=CC1C1(c2cc3ccccc3n2C)SCS1. The fourth-order valence-electron chi connectivity index (χ4n) is 3.61. The molecule has 0 amide bonds. The minimum absolute atomic E-state index is 0.0953. The molecule has 3 nitrogen and oxygen atoms in total. The average Bonchev–Trinajstić information content (AvgIpc) is 2.85. The van der Waals surface area contributed by atoms with E-state index in [2.05, 4.69) is 54.2 Å². The van der Waals surface area contributed by atoms with E-state index in [-0.39, 0.29) is 15.8 Å². The Morgan fingerprint density at radius 3 is 2.62 bits per heavy atom. The molecule has 2 aromatic rings. The number of aromatic nitrogens is 1. The number of para-hydroxylation sites is 1. The van der Waals surface area contributed by atoms with Gasteiger partial charge in [-0.05, 0) is 30.6 Å². The highest BCUT2D eigenvalue weighted by molar-refractivity contribution is 8.33. The number of fused-ring (bicyclic) bond motifs is 1. The van der Waals surface area contributed by atoms with E-state index >= 15 is 0 Å². The smallest absolute Gasteiger partial charge is 0.157 e. The highest BCUT2D eigenvalue weighted by Gasteiger charge is 2.51. The predicted molar refractivity (Wildman–Crippen MR) is 104 cm³/mol. The maximum absolute atomic E-state index is 12.3. The summed E-state index contributed by atoms with van der Waals surface area (Å²) < 4.78 is 2.17. The van der Waals surface area contributed by atoms with Gasteiger partial charge in [0.15, 0.2) is 5.78 Å². The minimum Gasteiger partial charge on any atom is -0.357 e. The van der Waals surface area contributed by atoms with E-state index in [1.807, 2.05) is 41.7 Å². The van der Waals surface area contributed by atoms with Crippen molar-refractivity contribution in [2.75, 3.05) is 12.1 Å². The second kappa shape index (κ2) is 5.74. The zero-order chi connectivity index (χ0) is 16.9. The number of rotatable bonds is 3. The van der Waals surface area contributed by atoms with Gasteiger partial charge in [0.05, 0.1) is 0 Å². The lowest BCUT2D eigenvalue weighted by atomic mass is 9.89. The van der Waals surface area contributed by atoms with Gasteiger partial charge >= 0.3 is 0 Å². The van der Waals surface area contributed by atoms with Gasteiger partial charge in [-0.3, -0.25) is 4.79 Å². The van der Waals surface area contributed by atoms with Crippen LogP contribution in [0.3, 0.4) is 0 Å². The molecule has 1 saturated heterocycles. The molecule has 0 bridgehead atoms. The second-order valence-corrected chi connectivity index (χ2v) is 9.41. The monoisotopic (exact) mass is 356 g/mol. The van der Waals surface area contributed by atoms with E-state index in [0.717, 1.165) is 10.7 Å². The van der Waals surface area contributed by atoms with Crippen LogP contribution in [-0.4, -0.2) is 27.4 Å². The van der Waals surface area contributed by atoms with Gasteiger partial charge in [-0.25, -0.2) is 0 Å². The number of hydrogen-bond donors (Lipinski definition) is 0. The van der Waals surface area contributed by atoms with Crippen molar-refractivity contribution < 1.29 is 4.79 Å². The Labute approximate surface area is 150 Å². The van der Waals surface area contributed by atoms with Gasteiger partial charge in [-0.2, -0.15) is 0 Å². The second-order valence-electron chi connectivity index (χ2n) is 6.35. The molecule has 4 rings (SSSR count). The number of carbonyl (C=O) groups is 1. The first-order valence-corrected chi connectivity index (χ1v) is 9.96. The molecular weight excluding hydrogens is 336 g/mol. The molecule has 0 aliphatic carbocycles. The van der Waals surface area contributed by atoms with Gasteiger partial charge in [0.25, 0.3) is 0 Å². The maximum Gasteiger partial charge on any atom is 0.157 e. The van der Waals surface area contributed by atoms with Gasteiger partial charge in [0.2, 0.25) is 0 Å². The number of Topliss-reactive ketones (excluding diaryl/α,β-unsaturated/α-hetero) is 1. The summed E-state index contributed by atoms with van der Waals surface area (Å²) in [6.07, 6.45) is 6.24. The number of nitrogens with zero attached hydrogens (tertiary/aromatic N) is 2. The Kier molecular flexibility index (Phi) is 3.81. The third-order valence-electron chi connectivity index (χ3n) is 4.86. The summed E-state index contributed by atoms with van der Waals surface area (Å²) in [6.45, 7) is 1.68. The van der Waals surface area contributed by atoms with Crippen LogP contribution in [-0.2, 0) is 15.9 Å². The molecule has 0 spiro atoms. The van der Waals surface area contributed by atoms with Crippen molar-refractivity contribution in [3.05, 3.63) is 60.1 Å². The van der Waals surface area contributed by atoms with Crippen LogP contribution in [0.1, 0.15) is 12.6 Å². The molecule has 1 atom stereocenters. The summed E-state index contributed by atoms with van der Waals surface area (Å²) in [4.78, 5) is 14.2. The van der Waals surface area contributed by atoms with Crippen molar-refractivity contribution in [2.24, 2.45) is 13.0 Å². The van der Waals surface area contributed by atoms with Crippen LogP contribution in [0.25, 0.3) is 10.9 Å². The standard InChI is InChI=1S/C19H20N2OS2/c1-13(22)15-11-20(2)9-8-16(15)19(23-12-24-19)18-10-14-6-4-5-7-17(14)21(18)3/h4-11,16H,12H2,1-3H3. The topological polar surface area (TPSA) is 25.2 Å². The van der Waals surface area contributed by atoms with Gasteiger partial charge < -0.3 is 9.47 Å². The number of carbonyl (C=O) groups excluding carboxylic acids is 1. The zero-order valence-corrected chi connectivity index (χ0v) is 15.7. The van der Waals surface area contributed by atoms with E-state index in [4.69, 9.17) is 0 Å². The van der Waals surface area contributed by atoms with Crippen molar-refractivity contribution in [3.8, 4) is 0 Å². The lowest BCUT2D eigenvalue weighted by molar-refractivity contribution is -0.114. The highest BCUT2D eigenvalue weighted by atomic mass is 32.3. The molecule has 1 unspecified atom stereocenters. The molecule has 5 heteroatoms. The van der Waals surface area contributed by atoms with Crippen molar-refractivity contribution in [1.29, 1.82) is 0 Å². The third kappa shape index (κ3) is 2.25. The fraction of sp³-hybridized carbons (Fsp3) is 0.316. The first kappa shape index (κ1) is 15.9. The average molecular weight is 357 g/mol. The molecular formula is C19H20N2OS2. The Morgan fingerprint density at radius 1 is 1.25 bits per heavy atom. The Hall–Kier alpha value is -1.59. The highest BCUT2D eigenvalue weighted by Crippen LogP contribution is 2.64. The first-order chi connectivity index (χ1) is 11.5. The molecule has 24 heavy (non-hydrogen) atoms. The van der Waals surface area contributed by atoms with Gasteiger partial charge in [0, 0.05) is 48.1 Å². The summed E-state index contributed by atoms with van der Waals surface area (Å²) in [5.74, 6) is 0.250. The summed E-state index contributed by atoms with van der Waals surface area (Å²) in [6, 6.07) is 10.8. The number of aryl methyl sites for hydroxylation is 1. The minimum atomic E-state index is -0.122. The van der Waals surface area contributed by atoms with E-state index in [0.29, 0.717) is 0 Å². The lowest BCUT2D eigenvalue weighted by Gasteiger charge is -2.47. The largest absolute Gasteiger partial charge is 0.357 e. The van der Waals surface area contributed by atoms with Crippen LogP contribution in [0.5, 0.6) is 0 Å². The lowest BCUT2D eigenvalue weighted by Crippen LogP contribution is -2.39. The third-order valence-corrected chi connectivity index (χ3v) is 8.30. The summed E-state index contributed by atoms with van der Waals surface area (Å²) in [5.41, 5.74) is 3.42. The summed E-state index contributed by atoms with van der Waals surface area (Å²) in [7, 11) is 4.11. The zero-order valence-electron chi connectivity index (χ0n) is 14.0. The van der Waals surface area contributed by atoms with Crippen LogP contribution in [0.15, 0.2) is 54.4 Å². The molecule has 3 heterocycles. The molecule has 0 saturated carbocycles. The number of allylic oxidation sites excluding steroid dienone is 2. The Morgan fingerprint density at radius 2 is 2.00 bits per heavy atom. The van der Waals surface area contributed by atoms with Crippen molar-refractivity contribution in [3.63, 3.8) is 0 Å². The first-order valence-electron chi connectivity index (χ1n) is 7.99. The molecule has 2 aliphatic rings. The number of hydrogen-bond acceptors (Lipinski definition) is 4. The van der Waals surface area contributed by atoms with E-state index in [9.17, 15) is 4.79 Å². The van der Waals surface area contributed by atoms with Crippen molar-refractivity contribution in [2.45, 2.75) is 11.0 Å². The van der Waals surface area contributed by atoms with Gasteiger partial charge in [-0.15, -0.1) is 23.5 Å². The molecule has 1 fully saturated rings. The van der Waals surface area contributed by atoms with Crippen LogP contribution >= 0.6 is 23.5 Å². The number of thioether (sulfide) groups is 2. The van der Waals surface area contributed by atoms with E-state index in [1.165, 1.54) is 16.6 Å². The van der Waals surface area contributed by atoms with Gasteiger partial charge in [-0.1, -0.05) is 24.3 Å². The summed E-state index contributed by atoms with van der Waals surface area (Å²) >= 11 is 3.89. The van der Waals surface area contributed by atoms with E-state index < -0.39 is 0 Å². The molecule has 1 aromatic heterocycles. The summed E-state index contributed by atoms with van der Waals surface area (Å²) in [5, 5.41) is 2.32. The molecule has 2 aliphatic heterocycles. The van der Waals surface area contributed by atoms with Crippen LogP contribution in [0.2, 0.25) is 0 Å². The van der Waals surface area contributed by atoms with Crippen molar-refractivity contribution in [1.82, 2.24) is 9.47 Å². The number of benzene rings is 1. The molecule has 0 radical (unpaired) electrons. The van der Waals surface area contributed by atoms with Crippen LogP contribution < -0.4 is 0 Å². The fourth-order valence-corrected chi connectivity index (χ4v) is 6.55. The van der Waals surface area contributed by atoms with E-state index in [1.54, 1.807) is 6.92 Å². The predicted octanol–water partition coefficient (Wildman–Crippen LogP) is 4.32. The Bertz CT molecular complexity index is 877. The molecule has 124 valence electrons. The molecule has 1 aromatic carbocycles. The van der Waals surface area contributed by atoms with Gasteiger partial charge in [0.1, 0.15) is 4.08 Å². The van der Waals surface area contributed by atoms with Crippen molar-refractivity contribution >= 4 is 40.2 Å².